The van der Waals surface area contributed by atoms with Crippen molar-refractivity contribution in [3.63, 3.8) is 0 Å². The summed E-state index contributed by atoms with van der Waals surface area (Å²) in [5.41, 5.74) is 0.245. The lowest BCUT2D eigenvalue weighted by Crippen LogP contribution is -2.49. The van der Waals surface area contributed by atoms with E-state index in [-0.39, 0.29) is 11.3 Å². The predicted octanol–water partition coefficient (Wildman–Crippen LogP) is 1.59. The van der Waals surface area contributed by atoms with Crippen LogP contribution in [0.15, 0.2) is 12.7 Å². The standard InChI is InChI=1S/C12H19NO2/c1-2-11(14)13-7-3-5-12(9-13)6-4-8-15-10-12/h2H,1,3-10H2. The predicted molar refractivity (Wildman–Crippen MR) is 58.5 cm³/mol. The van der Waals surface area contributed by atoms with Gasteiger partial charge < -0.3 is 9.64 Å². The third-order valence-corrected chi connectivity index (χ3v) is 3.55. The van der Waals surface area contributed by atoms with E-state index in [1.165, 1.54) is 18.9 Å². The highest BCUT2D eigenvalue weighted by molar-refractivity contribution is 5.87. The zero-order chi connectivity index (χ0) is 10.7. The Morgan fingerprint density at radius 2 is 2.20 bits per heavy atom. The van der Waals surface area contributed by atoms with Crippen molar-refractivity contribution in [1.29, 1.82) is 0 Å². The van der Waals surface area contributed by atoms with E-state index in [0.717, 1.165) is 39.1 Å². The fourth-order valence-corrected chi connectivity index (χ4v) is 2.76. The summed E-state index contributed by atoms with van der Waals surface area (Å²) < 4.78 is 5.56. The Morgan fingerprint density at radius 3 is 2.87 bits per heavy atom. The minimum absolute atomic E-state index is 0.0691. The second kappa shape index (κ2) is 4.35. The molecule has 2 heterocycles. The molecule has 2 rings (SSSR count). The molecule has 1 atom stereocenters. The number of amides is 1. The molecule has 1 unspecified atom stereocenters. The van der Waals surface area contributed by atoms with Crippen LogP contribution in [-0.2, 0) is 9.53 Å². The average molecular weight is 209 g/mol. The van der Waals surface area contributed by atoms with Crippen molar-refractivity contribution in [2.75, 3.05) is 26.3 Å². The molecule has 2 aliphatic rings. The van der Waals surface area contributed by atoms with Crippen LogP contribution in [0.3, 0.4) is 0 Å². The second-order valence-electron chi connectivity index (χ2n) is 4.72. The molecule has 3 heteroatoms. The maximum Gasteiger partial charge on any atom is 0.245 e. The Hall–Kier alpha value is -0.830. The fourth-order valence-electron chi connectivity index (χ4n) is 2.76. The first kappa shape index (κ1) is 10.7. The van der Waals surface area contributed by atoms with E-state index >= 15 is 0 Å². The molecule has 3 nitrogen and oxygen atoms in total. The number of ether oxygens (including phenoxy) is 1. The normalized spacial score (nSPS) is 31.6. The number of nitrogens with zero attached hydrogens (tertiary/aromatic N) is 1. The summed E-state index contributed by atoms with van der Waals surface area (Å²) in [5, 5.41) is 0. The minimum Gasteiger partial charge on any atom is -0.381 e. The van der Waals surface area contributed by atoms with Gasteiger partial charge in [0.1, 0.15) is 0 Å². The van der Waals surface area contributed by atoms with Gasteiger partial charge in [-0.1, -0.05) is 6.58 Å². The molecule has 15 heavy (non-hydrogen) atoms. The van der Waals surface area contributed by atoms with Gasteiger partial charge >= 0.3 is 0 Å². The lowest BCUT2D eigenvalue weighted by atomic mass is 9.76. The van der Waals surface area contributed by atoms with Crippen LogP contribution in [0.5, 0.6) is 0 Å². The molecule has 0 N–H and O–H groups in total. The molecular formula is C12H19NO2. The first-order valence-electron chi connectivity index (χ1n) is 5.75. The summed E-state index contributed by atoms with van der Waals surface area (Å²) in [7, 11) is 0. The van der Waals surface area contributed by atoms with Gasteiger partial charge in [0, 0.05) is 25.1 Å². The van der Waals surface area contributed by atoms with Crippen LogP contribution < -0.4 is 0 Å². The van der Waals surface area contributed by atoms with E-state index in [0.29, 0.717) is 0 Å². The lowest BCUT2D eigenvalue weighted by Gasteiger charge is -2.44. The van der Waals surface area contributed by atoms with Crippen LogP contribution in [0.4, 0.5) is 0 Å². The molecule has 0 aromatic rings. The zero-order valence-corrected chi connectivity index (χ0v) is 9.21. The molecule has 0 aliphatic carbocycles. The summed E-state index contributed by atoms with van der Waals surface area (Å²) in [4.78, 5) is 13.5. The molecular weight excluding hydrogens is 190 g/mol. The number of hydrogen-bond acceptors (Lipinski definition) is 2. The molecule has 1 spiro atoms. The Bertz CT molecular complexity index is 251. The first-order valence-corrected chi connectivity index (χ1v) is 5.75. The van der Waals surface area contributed by atoms with Gasteiger partial charge in [0.15, 0.2) is 0 Å². The molecule has 0 aromatic carbocycles. The molecule has 2 fully saturated rings. The van der Waals surface area contributed by atoms with Gasteiger partial charge in [-0.25, -0.2) is 0 Å². The van der Waals surface area contributed by atoms with Gasteiger partial charge in [-0.05, 0) is 31.8 Å². The summed E-state index contributed by atoms with van der Waals surface area (Å²) in [6.45, 7) is 7.00. The van der Waals surface area contributed by atoms with Crippen molar-refractivity contribution in [3.05, 3.63) is 12.7 Å². The van der Waals surface area contributed by atoms with Crippen LogP contribution in [0, 0.1) is 5.41 Å². The Balaban J connectivity index is 2.02. The highest BCUT2D eigenvalue weighted by Crippen LogP contribution is 2.37. The number of likely N-dealkylation sites (tertiary alicyclic amines) is 1. The van der Waals surface area contributed by atoms with Crippen molar-refractivity contribution in [2.45, 2.75) is 25.7 Å². The van der Waals surface area contributed by atoms with Crippen molar-refractivity contribution >= 4 is 5.91 Å². The lowest BCUT2D eigenvalue weighted by molar-refractivity contribution is -0.132. The summed E-state index contributed by atoms with van der Waals surface area (Å²) in [6.07, 6.45) is 6.06. The molecule has 2 aliphatic heterocycles. The van der Waals surface area contributed by atoms with E-state index in [1.54, 1.807) is 0 Å². The van der Waals surface area contributed by atoms with Crippen LogP contribution in [0.2, 0.25) is 0 Å². The Kier molecular flexibility index (Phi) is 3.10. The molecule has 2 saturated heterocycles. The minimum atomic E-state index is 0.0691. The number of hydrogen-bond donors (Lipinski definition) is 0. The maximum absolute atomic E-state index is 11.6. The summed E-state index contributed by atoms with van der Waals surface area (Å²) in [6, 6.07) is 0. The SMILES string of the molecule is C=CC(=O)N1CCCC2(CCCOC2)C1. The van der Waals surface area contributed by atoms with E-state index in [4.69, 9.17) is 4.74 Å². The maximum atomic E-state index is 11.6. The van der Waals surface area contributed by atoms with Gasteiger partial charge in [0.05, 0.1) is 6.61 Å². The summed E-state index contributed by atoms with van der Waals surface area (Å²) in [5.74, 6) is 0.0691. The third kappa shape index (κ3) is 2.23. The van der Waals surface area contributed by atoms with Crippen molar-refractivity contribution < 1.29 is 9.53 Å². The van der Waals surface area contributed by atoms with Gasteiger partial charge in [0.25, 0.3) is 0 Å². The quantitative estimate of drug-likeness (QED) is 0.614. The van der Waals surface area contributed by atoms with Crippen LogP contribution in [-0.4, -0.2) is 37.1 Å². The topological polar surface area (TPSA) is 29.5 Å². The third-order valence-electron chi connectivity index (χ3n) is 3.55. The van der Waals surface area contributed by atoms with Crippen molar-refractivity contribution in [1.82, 2.24) is 4.90 Å². The van der Waals surface area contributed by atoms with Crippen LogP contribution >= 0.6 is 0 Å². The highest BCUT2D eigenvalue weighted by Gasteiger charge is 2.38. The number of piperidine rings is 1. The Morgan fingerprint density at radius 1 is 1.40 bits per heavy atom. The van der Waals surface area contributed by atoms with Crippen molar-refractivity contribution in [3.8, 4) is 0 Å². The van der Waals surface area contributed by atoms with Crippen molar-refractivity contribution in [2.24, 2.45) is 5.41 Å². The monoisotopic (exact) mass is 209 g/mol. The number of rotatable bonds is 1. The highest BCUT2D eigenvalue weighted by atomic mass is 16.5. The van der Waals surface area contributed by atoms with E-state index in [1.807, 2.05) is 4.90 Å². The van der Waals surface area contributed by atoms with E-state index in [2.05, 4.69) is 6.58 Å². The van der Waals surface area contributed by atoms with E-state index in [9.17, 15) is 4.79 Å². The second-order valence-corrected chi connectivity index (χ2v) is 4.72. The molecule has 0 radical (unpaired) electrons. The largest absolute Gasteiger partial charge is 0.381 e. The first-order chi connectivity index (χ1) is 7.26. The number of carbonyl (C=O) groups is 1. The smallest absolute Gasteiger partial charge is 0.245 e. The molecule has 0 bridgehead atoms. The average Bonchev–Trinajstić information content (AvgIpc) is 2.29. The molecule has 0 saturated carbocycles. The molecule has 1 amide bonds. The fraction of sp³-hybridized carbons (Fsp3) is 0.750. The van der Waals surface area contributed by atoms with Gasteiger partial charge in [0.2, 0.25) is 5.91 Å². The van der Waals surface area contributed by atoms with Crippen LogP contribution in [0.1, 0.15) is 25.7 Å². The number of carbonyl (C=O) groups excluding carboxylic acids is 1. The van der Waals surface area contributed by atoms with Crippen LogP contribution in [0.25, 0.3) is 0 Å². The zero-order valence-electron chi connectivity index (χ0n) is 9.21. The molecule has 84 valence electrons. The Labute approximate surface area is 91.1 Å². The summed E-state index contributed by atoms with van der Waals surface area (Å²) >= 11 is 0. The van der Waals surface area contributed by atoms with Gasteiger partial charge in [-0.3, -0.25) is 4.79 Å². The van der Waals surface area contributed by atoms with Gasteiger partial charge in [-0.15, -0.1) is 0 Å². The van der Waals surface area contributed by atoms with E-state index < -0.39 is 0 Å². The molecule has 0 aromatic heterocycles. The van der Waals surface area contributed by atoms with Gasteiger partial charge in [-0.2, -0.15) is 0 Å².